The summed E-state index contributed by atoms with van der Waals surface area (Å²) in [6.07, 6.45) is 7.04. The van der Waals surface area contributed by atoms with E-state index in [-0.39, 0.29) is 17.9 Å². The van der Waals surface area contributed by atoms with Crippen molar-refractivity contribution in [3.8, 4) is 0 Å². The van der Waals surface area contributed by atoms with E-state index < -0.39 is 0 Å². The second kappa shape index (κ2) is 6.82. The molecule has 0 radical (unpaired) electrons. The molecule has 2 amide bonds. The van der Waals surface area contributed by atoms with Crippen LogP contribution in [-0.2, 0) is 18.4 Å². The fourth-order valence-corrected chi connectivity index (χ4v) is 3.08. The van der Waals surface area contributed by atoms with Gasteiger partial charge in [0.1, 0.15) is 5.69 Å². The predicted octanol–water partition coefficient (Wildman–Crippen LogP) is 1.43. The molecule has 2 aromatic rings. The van der Waals surface area contributed by atoms with Crippen molar-refractivity contribution in [2.75, 3.05) is 6.54 Å². The zero-order valence-corrected chi connectivity index (χ0v) is 13.9. The number of hydrogen-bond acceptors (Lipinski definition) is 4. The van der Waals surface area contributed by atoms with Crippen LogP contribution in [-0.4, -0.2) is 37.8 Å². The van der Waals surface area contributed by atoms with E-state index in [4.69, 9.17) is 0 Å². The molecule has 0 unspecified atom stereocenters. The molecule has 1 fully saturated rings. The maximum absolute atomic E-state index is 12.1. The first-order valence-corrected chi connectivity index (χ1v) is 8.04. The first kappa shape index (κ1) is 16.2. The van der Waals surface area contributed by atoms with Gasteiger partial charge in [0.2, 0.25) is 5.91 Å². The molecule has 1 saturated heterocycles. The van der Waals surface area contributed by atoms with Crippen molar-refractivity contribution < 1.29 is 9.59 Å². The minimum absolute atomic E-state index is 0.0153. The number of carbonyl (C=O) groups is 2. The Kier molecular flexibility index (Phi) is 4.59. The number of amides is 2. The molecule has 0 aromatic carbocycles. The highest BCUT2D eigenvalue weighted by atomic mass is 16.2. The van der Waals surface area contributed by atoms with E-state index in [1.807, 2.05) is 24.2 Å². The van der Waals surface area contributed by atoms with E-state index in [1.165, 1.54) is 0 Å². The van der Waals surface area contributed by atoms with Gasteiger partial charge in [0, 0.05) is 26.7 Å². The van der Waals surface area contributed by atoms with Crippen molar-refractivity contribution in [1.29, 1.82) is 0 Å². The quantitative estimate of drug-likeness (QED) is 0.921. The van der Waals surface area contributed by atoms with Crippen molar-refractivity contribution in [3.63, 3.8) is 0 Å². The van der Waals surface area contributed by atoms with Crippen molar-refractivity contribution in [2.45, 2.75) is 32.4 Å². The number of aryl methyl sites for hydroxylation is 1. The van der Waals surface area contributed by atoms with Crippen molar-refractivity contribution in [2.24, 2.45) is 7.05 Å². The Morgan fingerprint density at radius 3 is 2.92 bits per heavy atom. The molecule has 0 spiro atoms. The lowest BCUT2D eigenvalue weighted by molar-refractivity contribution is -0.129. The summed E-state index contributed by atoms with van der Waals surface area (Å²) >= 11 is 0. The molecule has 126 valence electrons. The van der Waals surface area contributed by atoms with E-state index in [2.05, 4.69) is 15.3 Å². The molecule has 0 bridgehead atoms. The molecule has 2 aromatic heterocycles. The van der Waals surface area contributed by atoms with Gasteiger partial charge in [-0.25, -0.2) is 0 Å². The number of likely N-dealkylation sites (tertiary alicyclic amines) is 1. The van der Waals surface area contributed by atoms with Gasteiger partial charge >= 0.3 is 0 Å². The largest absolute Gasteiger partial charge is 0.347 e. The first-order chi connectivity index (χ1) is 11.6. The Balaban J connectivity index is 1.68. The van der Waals surface area contributed by atoms with Crippen LogP contribution in [0.2, 0.25) is 0 Å². The highest BCUT2D eigenvalue weighted by Crippen LogP contribution is 2.30. The molecular weight excluding hydrogens is 306 g/mol. The number of carbonyl (C=O) groups excluding carboxylic acids is 2. The third kappa shape index (κ3) is 3.29. The van der Waals surface area contributed by atoms with Crippen LogP contribution in [0.3, 0.4) is 0 Å². The van der Waals surface area contributed by atoms with E-state index >= 15 is 0 Å². The minimum Gasteiger partial charge on any atom is -0.347 e. The lowest BCUT2D eigenvalue weighted by atomic mass is 10.1. The van der Waals surface area contributed by atoms with Gasteiger partial charge < -0.3 is 14.8 Å². The topological polar surface area (TPSA) is 80.1 Å². The van der Waals surface area contributed by atoms with Crippen molar-refractivity contribution >= 4 is 11.8 Å². The summed E-state index contributed by atoms with van der Waals surface area (Å²) in [5.41, 5.74) is 2.07. The highest BCUT2D eigenvalue weighted by Gasteiger charge is 2.29. The molecular formula is C17H21N5O2. The summed E-state index contributed by atoms with van der Waals surface area (Å²) in [5, 5.41) is 2.85. The summed E-state index contributed by atoms with van der Waals surface area (Å²) in [6.45, 7) is 2.64. The molecule has 1 aliphatic rings. The molecule has 7 heteroatoms. The van der Waals surface area contributed by atoms with Crippen molar-refractivity contribution in [3.05, 3.63) is 47.8 Å². The van der Waals surface area contributed by atoms with Crippen LogP contribution < -0.4 is 5.32 Å². The van der Waals surface area contributed by atoms with Crippen LogP contribution in [0.4, 0.5) is 0 Å². The third-order valence-corrected chi connectivity index (χ3v) is 4.31. The van der Waals surface area contributed by atoms with Crippen molar-refractivity contribution in [1.82, 2.24) is 24.8 Å². The Hall–Kier alpha value is -2.70. The fourth-order valence-electron chi connectivity index (χ4n) is 3.08. The summed E-state index contributed by atoms with van der Waals surface area (Å²) in [6, 6.07) is 3.57. The standard InChI is InChI=1S/C17H21N5O2/c1-12(23)22-8-4-5-15(22)14-11-18-9-13(20-14)10-19-17(24)16-6-3-7-21(16)2/h3,6-7,9,11,15H,4-5,8,10H2,1-2H3,(H,19,24)/t15-/m1/s1. The normalized spacial score (nSPS) is 17.1. The Morgan fingerprint density at radius 1 is 1.38 bits per heavy atom. The molecule has 3 rings (SSSR count). The van der Waals surface area contributed by atoms with Gasteiger partial charge in [-0.3, -0.25) is 19.6 Å². The molecule has 1 N–H and O–H groups in total. The molecule has 1 aliphatic heterocycles. The van der Waals surface area contributed by atoms with Crippen LogP contribution in [0.25, 0.3) is 0 Å². The first-order valence-electron chi connectivity index (χ1n) is 8.04. The zero-order chi connectivity index (χ0) is 17.1. The van der Waals surface area contributed by atoms with Gasteiger partial charge in [0.05, 0.1) is 36.4 Å². The lowest BCUT2D eigenvalue weighted by Crippen LogP contribution is -2.29. The SMILES string of the molecule is CC(=O)N1CCC[C@@H]1c1cncc(CNC(=O)c2cccn2C)n1. The number of hydrogen-bond donors (Lipinski definition) is 1. The Labute approximate surface area is 140 Å². The van der Waals surface area contributed by atoms with Gasteiger partial charge in [0.25, 0.3) is 5.91 Å². The van der Waals surface area contributed by atoms with E-state index in [1.54, 1.807) is 30.0 Å². The molecule has 1 atom stereocenters. The monoisotopic (exact) mass is 327 g/mol. The predicted molar refractivity (Wildman–Crippen MR) is 88.0 cm³/mol. The van der Waals surface area contributed by atoms with Crippen LogP contribution in [0.5, 0.6) is 0 Å². The number of aromatic nitrogens is 3. The molecule has 7 nitrogen and oxygen atoms in total. The van der Waals surface area contributed by atoms with Gasteiger partial charge in [0.15, 0.2) is 0 Å². The summed E-state index contributed by atoms with van der Waals surface area (Å²) in [4.78, 5) is 34.5. The van der Waals surface area contributed by atoms with Crippen LogP contribution in [0.1, 0.15) is 47.7 Å². The maximum Gasteiger partial charge on any atom is 0.268 e. The van der Waals surface area contributed by atoms with E-state index in [9.17, 15) is 9.59 Å². The molecule has 0 aliphatic carbocycles. The Bertz CT molecular complexity index is 755. The molecule has 24 heavy (non-hydrogen) atoms. The summed E-state index contributed by atoms with van der Waals surface area (Å²) < 4.78 is 1.76. The van der Waals surface area contributed by atoms with Gasteiger partial charge in [-0.2, -0.15) is 0 Å². The average Bonchev–Trinajstić information content (AvgIpc) is 3.21. The smallest absolute Gasteiger partial charge is 0.268 e. The zero-order valence-electron chi connectivity index (χ0n) is 13.9. The minimum atomic E-state index is -0.152. The van der Waals surface area contributed by atoms with E-state index in [0.717, 1.165) is 25.1 Å². The maximum atomic E-state index is 12.1. The molecule has 0 saturated carbocycles. The number of nitrogens with zero attached hydrogens (tertiary/aromatic N) is 4. The highest BCUT2D eigenvalue weighted by molar-refractivity contribution is 5.92. The number of nitrogens with one attached hydrogen (secondary N) is 1. The van der Waals surface area contributed by atoms with Crippen LogP contribution in [0.15, 0.2) is 30.7 Å². The summed E-state index contributed by atoms with van der Waals surface area (Å²) in [7, 11) is 1.83. The number of rotatable bonds is 4. The van der Waals surface area contributed by atoms with Gasteiger partial charge in [-0.05, 0) is 25.0 Å². The second-order valence-corrected chi connectivity index (χ2v) is 5.99. The Morgan fingerprint density at radius 2 is 2.21 bits per heavy atom. The van der Waals surface area contributed by atoms with Crippen LogP contribution >= 0.6 is 0 Å². The molecule has 3 heterocycles. The lowest BCUT2D eigenvalue weighted by Gasteiger charge is -2.22. The summed E-state index contributed by atoms with van der Waals surface area (Å²) in [5.74, 6) is -0.0948. The third-order valence-electron chi connectivity index (χ3n) is 4.31. The fraction of sp³-hybridized carbons (Fsp3) is 0.412. The van der Waals surface area contributed by atoms with Gasteiger partial charge in [-0.15, -0.1) is 0 Å². The average molecular weight is 327 g/mol. The van der Waals surface area contributed by atoms with E-state index in [0.29, 0.717) is 17.9 Å². The second-order valence-electron chi connectivity index (χ2n) is 5.99. The van der Waals surface area contributed by atoms with Crippen LogP contribution in [0, 0.1) is 0 Å². The van der Waals surface area contributed by atoms with Gasteiger partial charge in [-0.1, -0.05) is 0 Å².